The molecule has 0 bridgehead atoms. The molecule has 0 fully saturated rings. The molecule has 3 aromatic rings. The first-order valence-electron chi connectivity index (χ1n) is 8.80. The van der Waals surface area contributed by atoms with Crippen LogP contribution in [0, 0.1) is 6.92 Å². The fourth-order valence-electron chi connectivity index (χ4n) is 2.71. The molecule has 0 radical (unpaired) electrons. The van der Waals surface area contributed by atoms with Crippen LogP contribution in [0.2, 0.25) is 0 Å². The number of hydrogen-bond donors (Lipinski definition) is 1. The number of carbonyl (C=O) groups excluding carboxylic acids is 2. The Morgan fingerprint density at radius 3 is 2.57 bits per heavy atom. The van der Waals surface area contributed by atoms with E-state index in [4.69, 9.17) is 10.5 Å². The van der Waals surface area contributed by atoms with Gasteiger partial charge in [-0.2, -0.15) is 0 Å². The zero-order valence-corrected chi connectivity index (χ0v) is 16.3. The standard InChI is InChI=1S/C21H22N4O3/c1-13-6-5-7-15(24-13)10-16(20(27)28-21(2,3)4)14-8-9-18-23-11-17(19(22)26)25(18)12-14/h5-12H,1-4H3,(H2,22,26)/b16-10+. The summed E-state index contributed by atoms with van der Waals surface area (Å²) in [5.74, 6) is -1.09. The minimum absolute atomic E-state index is 0.231. The number of amides is 1. The molecule has 7 nitrogen and oxygen atoms in total. The normalized spacial score (nSPS) is 12.2. The van der Waals surface area contributed by atoms with Crippen LogP contribution in [0.5, 0.6) is 0 Å². The molecule has 0 aliphatic heterocycles. The van der Waals surface area contributed by atoms with Crippen LogP contribution in [0.4, 0.5) is 0 Å². The molecule has 7 heteroatoms. The Morgan fingerprint density at radius 2 is 1.93 bits per heavy atom. The molecule has 0 atom stereocenters. The van der Waals surface area contributed by atoms with Gasteiger partial charge in [0.15, 0.2) is 0 Å². The van der Waals surface area contributed by atoms with Gasteiger partial charge in [0.1, 0.15) is 16.9 Å². The molecule has 0 aromatic carbocycles. The fourth-order valence-corrected chi connectivity index (χ4v) is 2.71. The van der Waals surface area contributed by atoms with Crippen molar-refractivity contribution >= 4 is 29.2 Å². The molecule has 1 amide bonds. The molecule has 2 N–H and O–H groups in total. The van der Waals surface area contributed by atoms with Gasteiger partial charge in [-0.25, -0.2) is 9.78 Å². The van der Waals surface area contributed by atoms with E-state index in [2.05, 4.69) is 9.97 Å². The number of hydrogen-bond acceptors (Lipinski definition) is 5. The van der Waals surface area contributed by atoms with Crippen LogP contribution in [0.1, 0.15) is 48.2 Å². The van der Waals surface area contributed by atoms with E-state index in [9.17, 15) is 9.59 Å². The van der Waals surface area contributed by atoms with Crippen molar-refractivity contribution in [2.24, 2.45) is 5.73 Å². The van der Waals surface area contributed by atoms with Crippen LogP contribution in [0.25, 0.3) is 17.3 Å². The summed E-state index contributed by atoms with van der Waals surface area (Å²) >= 11 is 0. The first kappa shape index (κ1) is 19.3. The van der Waals surface area contributed by atoms with E-state index in [0.29, 0.717) is 22.5 Å². The average molecular weight is 378 g/mol. The van der Waals surface area contributed by atoms with Crippen LogP contribution in [0.3, 0.4) is 0 Å². The van der Waals surface area contributed by atoms with Gasteiger partial charge in [-0.05, 0) is 58.0 Å². The van der Waals surface area contributed by atoms with E-state index in [1.165, 1.54) is 6.20 Å². The topological polar surface area (TPSA) is 99.6 Å². The molecule has 0 saturated carbocycles. The third kappa shape index (κ3) is 4.25. The van der Waals surface area contributed by atoms with E-state index in [1.807, 2.05) is 25.1 Å². The number of ether oxygens (including phenoxy) is 1. The molecule has 0 spiro atoms. The largest absolute Gasteiger partial charge is 0.456 e. The smallest absolute Gasteiger partial charge is 0.339 e. The average Bonchev–Trinajstić information content (AvgIpc) is 3.01. The Bertz CT molecular complexity index is 1090. The number of imidazole rings is 1. The summed E-state index contributed by atoms with van der Waals surface area (Å²) < 4.78 is 7.13. The molecular formula is C21H22N4O3. The monoisotopic (exact) mass is 378 g/mol. The minimum Gasteiger partial charge on any atom is -0.456 e. The highest BCUT2D eigenvalue weighted by Crippen LogP contribution is 2.23. The molecule has 3 heterocycles. The van der Waals surface area contributed by atoms with Gasteiger partial charge in [-0.1, -0.05) is 6.07 Å². The summed E-state index contributed by atoms with van der Waals surface area (Å²) in [6, 6.07) is 9.01. The van der Waals surface area contributed by atoms with Crippen molar-refractivity contribution in [2.75, 3.05) is 0 Å². The maximum atomic E-state index is 12.9. The third-order valence-electron chi connectivity index (χ3n) is 3.89. The summed E-state index contributed by atoms with van der Waals surface area (Å²) in [6.45, 7) is 7.29. The Morgan fingerprint density at radius 1 is 1.18 bits per heavy atom. The molecular weight excluding hydrogens is 356 g/mol. The van der Waals surface area contributed by atoms with Crippen molar-refractivity contribution in [3.05, 3.63) is 65.4 Å². The van der Waals surface area contributed by atoms with E-state index in [-0.39, 0.29) is 5.69 Å². The number of fused-ring (bicyclic) bond motifs is 1. The molecule has 144 valence electrons. The SMILES string of the molecule is Cc1cccc(/C=C(/C(=O)OC(C)(C)C)c2ccc3ncc(C(N)=O)n3c2)n1. The van der Waals surface area contributed by atoms with E-state index < -0.39 is 17.5 Å². The van der Waals surface area contributed by atoms with E-state index in [0.717, 1.165) is 5.69 Å². The summed E-state index contributed by atoms with van der Waals surface area (Å²) in [4.78, 5) is 33.2. The minimum atomic E-state index is -0.659. The van der Waals surface area contributed by atoms with Crippen LogP contribution in [-0.4, -0.2) is 31.8 Å². The van der Waals surface area contributed by atoms with Crippen molar-refractivity contribution in [1.82, 2.24) is 14.4 Å². The Hall–Kier alpha value is -3.48. The summed E-state index contributed by atoms with van der Waals surface area (Å²) in [5, 5.41) is 0. The number of esters is 1. The van der Waals surface area contributed by atoms with E-state index >= 15 is 0 Å². The maximum absolute atomic E-state index is 12.9. The fraction of sp³-hybridized carbons (Fsp3) is 0.238. The number of nitrogens with two attached hydrogens (primary N) is 1. The lowest BCUT2D eigenvalue weighted by Crippen LogP contribution is -2.24. The third-order valence-corrected chi connectivity index (χ3v) is 3.89. The van der Waals surface area contributed by atoms with Gasteiger partial charge in [-0.3, -0.25) is 14.2 Å². The molecule has 0 aliphatic rings. The van der Waals surface area contributed by atoms with Crippen molar-refractivity contribution in [3.63, 3.8) is 0 Å². The van der Waals surface area contributed by atoms with E-state index in [1.54, 1.807) is 49.6 Å². The van der Waals surface area contributed by atoms with Crippen molar-refractivity contribution in [1.29, 1.82) is 0 Å². The Labute approximate surface area is 162 Å². The quantitative estimate of drug-likeness (QED) is 0.556. The number of aromatic nitrogens is 3. The second-order valence-corrected chi connectivity index (χ2v) is 7.42. The van der Waals surface area contributed by atoms with Gasteiger partial charge in [0.05, 0.1) is 17.5 Å². The molecule has 0 unspecified atom stereocenters. The number of pyridine rings is 2. The summed E-state index contributed by atoms with van der Waals surface area (Å²) in [5.41, 5.74) is 7.88. The van der Waals surface area contributed by atoms with Gasteiger partial charge < -0.3 is 10.5 Å². The van der Waals surface area contributed by atoms with Gasteiger partial charge in [0.2, 0.25) is 0 Å². The predicted molar refractivity (Wildman–Crippen MR) is 106 cm³/mol. The highest BCUT2D eigenvalue weighted by molar-refractivity contribution is 6.21. The predicted octanol–water partition coefficient (Wildman–Crippen LogP) is 3.02. The van der Waals surface area contributed by atoms with Crippen molar-refractivity contribution < 1.29 is 14.3 Å². The first-order chi connectivity index (χ1) is 13.1. The zero-order chi connectivity index (χ0) is 20.5. The lowest BCUT2D eigenvalue weighted by atomic mass is 10.1. The van der Waals surface area contributed by atoms with Crippen molar-refractivity contribution in [3.8, 4) is 0 Å². The molecule has 3 rings (SSSR count). The Balaban J connectivity index is 2.15. The zero-order valence-electron chi connectivity index (χ0n) is 16.3. The van der Waals surface area contributed by atoms with Crippen molar-refractivity contribution in [2.45, 2.75) is 33.3 Å². The maximum Gasteiger partial charge on any atom is 0.339 e. The highest BCUT2D eigenvalue weighted by Gasteiger charge is 2.22. The Kier molecular flexibility index (Phi) is 5.00. The second-order valence-electron chi connectivity index (χ2n) is 7.42. The summed E-state index contributed by atoms with van der Waals surface area (Å²) in [7, 11) is 0. The van der Waals surface area contributed by atoms with Crippen LogP contribution < -0.4 is 5.73 Å². The number of aryl methyl sites for hydroxylation is 1. The van der Waals surface area contributed by atoms with Crippen LogP contribution in [-0.2, 0) is 9.53 Å². The number of nitrogens with zero attached hydrogens (tertiary/aromatic N) is 3. The highest BCUT2D eigenvalue weighted by atomic mass is 16.6. The number of primary amides is 1. The molecule has 0 aliphatic carbocycles. The van der Waals surface area contributed by atoms with Crippen LogP contribution >= 0.6 is 0 Å². The van der Waals surface area contributed by atoms with Gasteiger partial charge in [-0.15, -0.1) is 0 Å². The number of rotatable bonds is 4. The second kappa shape index (κ2) is 7.26. The van der Waals surface area contributed by atoms with Gasteiger partial charge in [0.25, 0.3) is 5.91 Å². The molecule has 3 aromatic heterocycles. The lowest BCUT2D eigenvalue weighted by Gasteiger charge is -2.21. The van der Waals surface area contributed by atoms with Gasteiger partial charge in [0, 0.05) is 17.5 Å². The summed E-state index contributed by atoms with van der Waals surface area (Å²) in [6.07, 6.45) is 4.72. The van der Waals surface area contributed by atoms with Gasteiger partial charge >= 0.3 is 5.97 Å². The number of carbonyl (C=O) groups is 2. The molecule has 28 heavy (non-hydrogen) atoms. The lowest BCUT2D eigenvalue weighted by molar-refractivity contribution is -0.147. The van der Waals surface area contributed by atoms with Crippen LogP contribution in [0.15, 0.2) is 42.7 Å². The molecule has 0 saturated heterocycles. The first-order valence-corrected chi connectivity index (χ1v) is 8.80.